The van der Waals surface area contributed by atoms with Crippen molar-refractivity contribution < 1.29 is 4.79 Å². The van der Waals surface area contributed by atoms with Gasteiger partial charge in [-0.1, -0.05) is 20.8 Å². The molecule has 0 spiro atoms. The summed E-state index contributed by atoms with van der Waals surface area (Å²) in [5.74, 6) is 0.0618. The van der Waals surface area contributed by atoms with Crippen molar-refractivity contribution in [3.05, 3.63) is 0 Å². The number of carbonyl (C=O) groups is 1. The third-order valence-corrected chi connectivity index (χ3v) is 2.26. The largest absolute Gasteiger partial charge is 0.350 e. The molecule has 15 heavy (non-hydrogen) atoms. The maximum atomic E-state index is 11.7. The lowest BCUT2D eigenvalue weighted by molar-refractivity contribution is -0.124. The van der Waals surface area contributed by atoms with Crippen molar-refractivity contribution in [3.63, 3.8) is 0 Å². The SMILES string of the molecule is CNC(C)C(=O)NC(C)(C)CC(C)(C)C. The molecule has 0 aliphatic heterocycles. The highest BCUT2D eigenvalue weighted by molar-refractivity contribution is 5.81. The Kier molecular flexibility index (Phi) is 4.78. The Bertz CT molecular complexity index is 216. The minimum Gasteiger partial charge on any atom is -0.350 e. The minimum atomic E-state index is -0.152. The Morgan fingerprint density at radius 2 is 1.67 bits per heavy atom. The van der Waals surface area contributed by atoms with E-state index in [2.05, 4.69) is 45.3 Å². The number of likely N-dealkylation sites (N-methyl/N-ethyl adjacent to an activating group) is 1. The molecule has 0 saturated carbocycles. The first-order valence-electron chi connectivity index (χ1n) is 5.57. The monoisotopic (exact) mass is 214 g/mol. The Hall–Kier alpha value is -0.570. The lowest BCUT2D eigenvalue weighted by atomic mass is 9.81. The molecule has 0 rings (SSSR count). The first kappa shape index (κ1) is 14.4. The maximum absolute atomic E-state index is 11.7. The third kappa shape index (κ3) is 6.50. The molecule has 0 aliphatic carbocycles. The summed E-state index contributed by atoms with van der Waals surface area (Å²) >= 11 is 0. The van der Waals surface area contributed by atoms with E-state index in [9.17, 15) is 4.79 Å². The molecular formula is C12H26N2O. The smallest absolute Gasteiger partial charge is 0.237 e. The van der Waals surface area contributed by atoms with E-state index in [4.69, 9.17) is 0 Å². The summed E-state index contributed by atoms with van der Waals surface area (Å²) in [5, 5.41) is 6.00. The van der Waals surface area contributed by atoms with Gasteiger partial charge in [0, 0.05) is 5.54 Å². The van der Waals surface area contributed by atoms with E-state index in [-0.39, 0.29) is 22.9 Å². The molecule has 1 amide bonds. The standard InChI is InChI=1S/C12H26N2O/c1-9(13-7)10(15)14-12(5,6)8-11(2,3)4/h9,13H,8H2,1-7H3,(H,14,15). The number of amides is 1. The summed E-state index contributed by atoms with van der Waals surface area (Å²) in [5.41, 5.74) is 0.0695. The summed E-state index contributed by atoms with van der Waals surface area (Å²) in [4.78, 5) is 11.7. The van der Waals surface area contributed by atoms with Crippen molar-refractivity contribution in [2.75, 3.05) is 7.05 Å². The second-order valence-corrected chi connectivity index (χ2v) is 6.12. The van der Waals surface area contributed by atoms with E-state index in [0.29, 0.717) is 0 Å². The highest BCUT2D eigenvalue weighted by atomic mass is 16.2. The van der Waals surface area contributed by atoms with Crippen molar-refractivity contribution in [1.29, 1.82) is 0 Å². The number of nitrogens with one attached hydrogen (secondary N) is 2. The zero-order chi connectivity index (χ0) is 12.3. The van der Waals surface area contributed by atoms with Crippen LogP contribution in [0, 0.1) is 5.41 Å². The Morgan fingerprint density at radius 1 is 1.20 bits per heavy atom. The van der Waals surface area contributed by atoms with Crippen molar-refractivity contribution in [2.24, 2.45) is 5.41 Å². The molecule has 0 aromatic rings. The summed E-state index contributed by atoms with van der Waals surface area (Å²) in [6, 6.07) is -0.135. The fraction of sp³-hybridized carbons (Fsp3) is 0.917. The van der Waals surface area contributed by atoms with Crippen molar-refractivity contribution in [3.8, 4) is 0 Å². The second-order valence-electron chi connectivity index (χ2n) is 6.12. The van der Waals surface area contributed by atoms with Crippen LogP contribution in [0.1, 0.15) is 48.0 Å². The molecule has 0 bridgehead atoms. The molecule has 1 atom stereocenters. The Balaban J connectivity index is 4.32. The van der Waals surface area contributed by atoms with Crippen LogP contribution in [0.3, 0.4) is 0 Å². The summed E-state index contributed by atoms with van der Waals surface area (Å²) in [6.45, 7) is 12.5. The average Bonchev–Trinajstić information content (AvgIpc) is 1.96. The van der Waals surface area contributed by atoms with Crippen molar-refractivity contribution in [1.82, 2.24) is 10.6 Å². The molecule has 3 nitrogen and oxygen atoms in total. The summed E-state index contributed by atoms with van der Waals surface area (Å²) in [7, 11) is 1.79. The van der Waals surface area contributed by atoms with Gasteiger partial charge in [0.15, 0.2) is 0 Å². The van der Waals surface area contributed by atoms with Crippen LogP contribution < -0.4 is 10.6 Å². The van der Waals surface area contributed by atoms with Crippen LogP contribution in [-0.4, -0.2) is 24.5 Å². The highest BCUT2D eigenvalue weighted by Crippen LogP contribution is 2.26. The topological polar surface area (TPSA) is 41.1 Å². The van der Waals surface area contributed by atoms with Gasteiger partial charge in [-0.05, 0) is 39.7 Å². The number of hydrogen-bond acceptors (Lipinski definition) is 2. The predicted octanol–water partition coefficient (Wildman–Crippen LogP) is 1.93. The van der Waals surface area contributed by atoms with E-state index in [1.165, 1.54) is 0 Å². The normalized spacial score (nSPS) is 14.9. The molecule has 0 radical (unpaired) electrons. The number of carbonyl (C=O) groups excluding carboxylic acids is 1. The van der Waals surface area contributed by atoms with Gasteiger partial charge in [0.05, 0.1) is 6.04 Å². The molecular weight excluding hydrogens is 188 g/mol. The molecule has 0 fully saturated rings. The van der Waals surface area contributed by atoms with Crippen LogP contribution in [-0.2, 0) is 4.79 Å². The van der Waals surface area contributed by atoms with Gasteiger partial charge in [-0.2, -0.15) is 0 Å². The fourth-order valence-electron chi connectivity index (χ4n) is 1.94. The second kappa shape index (κ2) is 4.97. The van der Waals surface area contributed by atoms with E-state index < -0.39 is 0 Å². The molecule has 1 unspecified atom stereocenters. The van der Waals surface area contributed by atoms with Crippen LogP contribution in [0.25, 0.3) is 0 Å². The molecule has 0 aliphatic rings. The van der Waals surface area contributed by atoms with Crippen LogP contribution in [0.2, 0.25) is 0 Å². The molecule has 0 saturated heterocycles. The van der Waals surface area contributed by atoms with Crippen molar-refractivity contribution >= 4 is 5.91 Å². The predicted molar refractivity (Wildman–Crippen MR) is 64.8 cm³/mol. The summed E-state index contributed by atoms with van der Waals surface area (Å²) < 4.78 is 0. The van der Waals surface area contributed by atoms with Gasteiger partial charge in [-0.15, -0.1) is 0 Å². The van der Waals surface area contributed by atoms with Gasteiger partial charge < -0.3 is 10.6 Å². The lowest BCUT2D eigenvalue weighted by Gasteiger charge is -2.34. The first-order chi connectivity index (χ1) is 6.57. The van der Waals surface area contributed by atoms with Gasteiger partial charge in [-0.25, -0.2) is 0 Å². The van der Waals surface area contributed by atoms with Crippen LogP contribution in [0.15, 0.2) is 0 Å². The molecule has 0 aromatic heterocycles. The van der Waals surface area contributed by atoms with E-state index in [1.807, 2.05) is 6.92 Å². The zero-order valence-electron chi connectivity index (χ0n) is 11.2. The van der Waals surface area contributed by atoms with E-state index in [0.717, 1.165) is 6.42 Å². The van der Waals surface area contributed by atoms with Gasteiger partial charge in [-0.3, -0.25) is 4.79 Å². The number of rotatable bonds is 4. The number of hydrogen-bond donors (Lipinski definition) is 2. The minimum absolute atomic E-state index is 0.0618. The van der Waals surface area contributed by atoms with Gasteiger partial charge in [0.25, 0.3) is 0 Å². The summed E-state index contributed by atoms with van der Waals surface area (Å²) in [6.07, 6.45) is 0.960. The fourth-order valence-corrected chi connectivity index (χ4v) is 1.94. The molecule has 0 aromatic carbocycles. The Labute approximate surface area is 94.0 Å². The average molecular weight is 214 g/mol. The van der Waals surface area contributed by atoms with Crippen LogP contribution >= 0.6 is 0 Å². The van der Waals surface area contributed by atoms with Gasteiger partial charge in [0.1, 0.15) is 0 Å². The van der Waals surface area contributed by atoms with Crippen molar-refractivity contribution in [2.45, 2.75) is 59.5 Å². The third-order valence-electron chi connectivity index (χ3n) is 2.26. The maximum Gasteiger partial charge on any atom is 0.237 e. The highest BCUT2D eigenvalue weighted by Gasteiger charge is 2.27. The molecule has 0 heterocycles. The lowest BCUT2D eigenvalue weighted by Crippen LogP contribution is -2.51. The molecule has 2 N–H and O–H groups in total. The quantitative estimate of drug-likeness (QED) is 0.751. The van der Waals surface area contributed by atoms with Crippen LogP contribution in [0.5, 0.6) is 0 Å². The van der Waals surface area contributed by atoms with Gasteiger partial charge in [0.2, 0.25) is 5.91 Å². The van der Waals surface area contributed by atoms with E-state index >= 15 is 0 Å². The van der Waals surface area contributed by atoms with E-state index in [1.54, 1.807) is 7.05 Å². The van der Waals surface area contributed by atoms with Gasteiger partial charge >= 0.3 is 0 Å². The Morgan fingerprint density at radius 3 is 2.00 bits per heavy atom. The van der Waals surface area contributed by atoms with Crippen LogP contribution in [0.4, 0.5) is 0 Å². The zero-order valence-corrected chi connectivity index (χ0v) is 11.2. The first-order valence-corrected chi connectivity index (χ1v) is 5.57. The molecule has 3 heteroatoms. The molecule has 90 valence electrons.